The summed E-state index contributed by atoms with van der Waals surface area (Å²) in [7, 11) is 0. The van der Waals surface area contributed by atoms with Crippen molar-refractivity contribution in [1.29, 1.82) is 0 Å². The zero-order valence-electron chi connectivity index (χ0n) is 24.6. The first-order valence-electron chi connectivity index (χ1n) is 14.7. The fourth-order valence-corrected chi connectivity index (χ4v) is 5.67. The second-order valence-corrected chi connectivity index (χ2v) is 11.9. The lowest BCUT2D eigenvalue weighted by Crippen LogP contribution is -2.49. The van der Waals surface area contributed by atoms with Crippen molar-refractivity contribution < 1.29 is 14.3 Å². The Labute approximate surface area is 246 Å². The number of fused-ring (bicyclic) bond motifs is 1. The molecule has 2 aromatic carbocycles. The van der Waals surface area contributed by atoms with Crippen LogP contribution in [0, 0.1) is 5.41 Å². The third kappa shape index (κ3) is 5.63. The van der Waals surface area contributed by atoms with Crippen LogP contribution in [-0.4, -0.2) is 75.5 Å². The molecule has 0 atom stereocenters. The van der Waals surface area contributed by atoms with Gasteiger partial charge in [0.2, 0.25) is 0 Å². The van der Waals surface area contributed by atoms with Crippen LogP contribution in [0.3, 0.4) is 0 Å². The average Bonchev–Trinajstić information content (AvgIpc) is 3.71. The lowest BCUT2D eigenvalue weighted by atomic mass is 9.86. The topological polar surface area (TPSA) is 112 Å². The molecule has 220 valence electrons. The van der Waals surface area contributed by atoms with E-state index in [9.17, 15) is 4.79 Å². The average molecular weight is 570 g/mol. The molecular weight excluding hydrogens is 530 g/mol. The highest BCUT2D eigenvalue weighted by Crippen LogP contribution is 2.53. The molecule has 10 heteroatoms. The van der Waals surface area contributed by atoms with Crippen molar-refractivity contribution in [3.63, 3.8) is 0 Å². The Kier molecular flexibility index (Phi) is 7.49. The largest absolute Gasteiger partial charge is 0.494 e. The number of hydrogen-bond acceptors (Lipinski definition) is 8. The molecule has 1 saturated carbocycles. The number of aromatic nitrogens is 4. The highest BCUT2D eigenvalue weighted by molar-refractivity contribution is 5.94. The zero-order valence-corrected chi connectivity index (χ0v) is 24.6. The van der Waals surface area contributed by atoms with Gasteiger partial charge in [-0.3, -0.25) is 4.79 Å². The molecule has 4 aromatic rings. The minimum atomic E-state index is -0.264. The third-order valence-electron chi connectivity index (χ3n) is 8.66. The maximum absolute atomic E-state index is 13.3. The van der Waals surface area contributed by atoms with Gasteiger partial charge in [0.1, 0.15) is 23.6 Å². The number of hydrogen-bond donors (Lipinski definition) is 1. The minimum absolute atomic E-state index is 0.0258. The number of carbonyl (C=O) groups excluding carboxylic acids is 1. The molecule has 1 aliphatic heterocycles. The molecule has 2 N–H and O–H groups in total. The van der Waals surface area contributed by atoms with Crippen LogP contribution in [0.1, 0.15) is 49.5 Å². The van der Waals surface area contributed by atoms with Crippen LogP contribution >= 0.6 is 0 Å². The van der Waals surface area contributed by atoms with E-state index in [1.165, 1.54) is 0 Å². The van der Waals surface area contributed by atoms with Gasteiger partial charge in [0.05, 0.1) is 31.3 Å². The van der Waals surface area contributed by atoms with Gasteiger partial charge in [-0.1, -0.05) is 12.1 Å². The van der Waals surface area contributed by atoms with E-state index in [2.05, 4.69) is 39.9 Å². The maximum Gasteiger partial charge on any atom is 0.253 e. The summed E-state index contributed by atoms with van der Waals surface area (Å²) in [6.45, 7) is 10.5. The summed E-state index contributed by atoms with van der Waals surface area (Å²) in [4.78, 5) is 26.5. The van der Waals surface area contributed by atoms with Gasteiger partial charge in [0, 0.05) is 42.7 Å². The molecule has 1 saturated heterocycles. The molecule has 1 amide bonds. The molecule has 10 nitrogen and oxygen atoms in total. The fraction of sp³-hybridized carbons (Fsp3) is 0.438. The Morgan fingerprint density at radius 3 is 2.45 bits per heavy atom. The number of amides is 1. The van der Waals surface area contributed by atoms with Gasteiger partial charge in [-0.05, 0) is 75.6 Å². The van der Waals surface area contributed by atoms with Crippen LogP contribution in [0.5, 0.6) is 11.5 Å². The predicted molar refractivity (Wildman–Crippen MR) is 162 cm³/mol. The molecule has 1 aliphatic carbocycles. The van der Waals surface area contributed by atoms with E-state index in [1.54, 1.807) is 6.33 Å². The van der Waals surface area contributed by atoms with Crippen LogP contribution in [-0.2, 0) is 6.54 Å². The first-order chi connectivity index (χ1) is 20.3. The van der Waals surface area contributed by atoms with Gasteiger partial charge in [0.15, 0.2) is 5.65 Å². The van der Waals surface area contributed by atoms with E-state index in [0.717, 1.165) is 46.8 Å². The first-order valence-corrected chi connectivity index (χ1v) is 14.7. The van der Waals surface area contributed by atoms with Gasteiger partial charge in [0.25, 0.3) is 5.91 Å². The summed E-state index contributed by atoms with van der Waals surface area (Å²) in [5.41, 5.74) is 8.67. The summed E-state index contributed by atoms with van der Waals surface area (Å²) in [6, 6.07) is 15.5. The highest BCUT2D eigenvalue weighted by Gasteiger charge is 2.53. The summed E-state index contributed by atoms with van der Waals surface area (Å²) in [6.07, 6.45) is 5.60. The zero-order chi connectivity index (χ0) is 29.3. The number of nitrogens with zero attached hydrogens (tertiary/aromatic N) is 6. The van der Waals surface area contributed by atoms with Crippen LogP contribution < -0.4 is 20.1 Å². The van der Waals surface area contributed by atoms with Gasteiger partial charge in [-0.15, -0.1) is 0 Å². The van der Waals surface area contributed by atoms with E-state index in [0.29, 0.717) is 51.5 Å². The van der Waals surface area contributed by atoms with Gasteiger partial charge in [-0.2, -0.15) is 5.10 Å². The molecule has 2 fully saturated rings. The Balaban J connectivity index is 1.07. The van der Waals surface area contributed by atoms with E-state index in [-0.39, 0.29) is 16.9 Å². The number of benzene rings is 2. The number of rotatable bonds is 10. The molecule has 3 heterocycles. The number of nitrogens with two attached hydrogens (primary N) is 1. The Hall–Kier alpha value is -4.18. The molecular formula is C32H39N7O3. The number of carbonyl (C=O) groups is 1. The summed E-state index contributed by atoms with van der Waals surface area (Å²) >= 11 is 0. The molecule has 2 aromatic heterocycles. The first kappa shape index (κ1) is 28.0. The van der Waals surface area contributed by atoms with Crippen LogP contribution in [0.25, 0.3) is 11.0 Å². The molecule has 0 unspecified atom stereocenters. The number of anilines is 1. The molecule has 2 aliphatic rings. The molecule has 0 radical (unpaired) electrons. The molecule has 6 rings (SSSR count). The summed E-state index contributed by atoms with van der Waals surface area (Å²) in [5.74, 6) is 2.48. The van der Waals surface area contributed by atoms with Crippen molar-refractivity contribution in [1.82, 2.24) is 24.6 Å². The van der Waals surface area contributed by atoms with Gasteiger partial charge >= 0.3 is 0 Å². The second-order valence-electron chi connectivity index (χ2n) is 11.9. The second kappa shape index (κ2) is 11.2. The Morgan fingerprint density at radius 1 is 1.00 bits per heavy atom. The van der Waals surface area contributed by atoms with Crippen LogP contribution in [0.4, 0.5) is 5.82 Å². The fourth-order valence-electron chi connectivity index (χ4n) is 5.67. The van der Waals surface area contributed by atoms with E-state index in [4.69, 9.17) is 15.2 Å². The third-order valence-corrected chi connectivity index (χ3v) is 8.66. The molecule has 0 spiro atoms. The lowest BCUT2D eigenvalue weighted by molar-refractivity contribution is 0.0746. The van der Waals surface area contributed by atoms with Crippen LogP contribution in [0.15, 0.2) is 61.1 Å². The van der Waals surface area contributed by atoms with Crippen LogP contribution in [0.2, 0.25) is 0 Å². The SMILES string of the molecule is CCOc1cccc(Cn2ncc3c(N4CCN(C(=O)c5ccc(OCC6(C(C)(C)N)CC6)cc5)CC4)ncnc32)c1. The Morgan fingerprint density at radius 2 is 1.76 bits per heavy atom. The van der Waals surface area contributed by atoms with Crippen molar-refractivity contribution in [2.45, 2.75) is 45.7 Å². The Bertz CT molecular complexity index is 1550. The number of ether oxygens (including phenoxy) is 2. The normalized spacial score (nSPS) is 16.5. The smallest absolute Gasteiger partial charge is 0.253 e. The van der Waals surface area contributed by atoms with Gasteiger partial charge < -0.3 is 25.0 Å². The predicted octanol–water partition coefficient (Wildman–Crippen LogP) is 4.13. The van der Waals surface area contributed by atoms with Crippen molar-refractivity contribution in [3.05, 3.63) is 72.2 Å². The quantitative estimate of drug-likeness (QED) is 0.304. The summed E-state index contributed by atoms with van der Waals surface area (Å²) in [5, 5.41) is 5.52. The van der Waals surface area contributed by atoms with E-state index >= 15 is 0 Å². The van der Waals surface area contributed by atoms with Crippen molar-refractivity contribution in [2.75, 3.05) is 44.3 Å². The monoisotopic (exact) mass is 569 g/mol. The van der Waals surface area contributed by atoms with Crippen molar-refractivity contribution >= 4 is 22.8 Å². The molecule has 42 heavy (non-hydrogen) atoms. The lowest BCUT2D eigenvalue weighted by Gasteiger charge is -2.35. The van der Waals surface area contributed by atoms with E-state index in [1.807, 2.05) is 65.2 Å². The van der Waals surface area contributed by atoms with E-state index < -0.39 is 0 Å². The van der Waals surface area contributed by atoms with Crippen molar-refractivity contribution in [2.24, 2.45) is 11.1 Å². The highest BCUT2D eigenvalue weighted by atomic mass is 16.5. The summed E-state index contributed by atoms with van der Waals surface area (Å²) < 4.78 is 13.6. The standard InChI is InChI=1S/C32H39N7O3/c1-4-41-26-7-5-6-23(18-26)20-39-29-27(19-36-39)28(34-22-35-29)37-14-16-38(17-15-37)30(40)24-8-10-25(11-9-24)42-21-32(12-13-32)31(2,3)33/h5-11,18-19,22H,4,12-17,20-21,33H2,1-3H3. The van der Waals surface area contributed by atoms with Gasteiger partial charge in [-0.25, -0.2) is 14.6 Å². The van der Waals surface area contributed by atoms with Crippen molar-refractivity contribution in [3.8, 4) is 11.5 Å². The minimum Gasteiger partial charge on any atom is -0.494 e. The number of piperazine rings is 1. The maximum atomic E-state index is 13.3. The molecule has 0 bridgehead atoms.